The van der Waals surface area contributed by atoms with Crippen molar-refractivity contribution in [2.24, 2.45) is 0 Å². The maximum absolute atomic E-state index is 12.8. The Morgan fingerprint density at radius 1 is 0.484 bits per heavy atom. The first-order chi connectivity index (χ1) is 31.0. The van der Waals surface area contributed by atoms with E-state index in [4.69, 9.17) is 18.5 Å². The van der Waals surface area contributed by atoms with Gasteiger partial charge in [-0.05, 0) is 44.9 Å². The van der Waals surface area contributed by atoms with Crippen molar-refractivity contribution in [2.45, 2.75) is 264 Å². The van der Waals surface area contributed by atoms with E-state index in [1.807, 2.05) is 21.1 Å². The van der Waals surface area contributed by atoms with Crippen molar-refractivity contribution in [3.63, 3.8) is 0 Å². The van der Waals surface area contributed by atoms with Crippen molar-refractivity contribution >= 4 is 19.8 Å². The third kappa shape index (κ3) is 49.9. The van der Waals surface area contributed by atoms with Gasteiger partial charge in [0, 0.05) is 12.8 Å². The molecule has 0 aliphatic rings. The third-order valence-corrected chi connectivity index (χ3v) is 13.0. The molecule has 0 radical (unpaired) electrons. The summed E-state index contributed by atoms with van der Waals surface area (Å²) >= 11 is 0. The molecule has 0 fully saturated rings. The fourth-order valence-corrected chi connectivity index (χ4v) is 8.49. The van der Waals surface area contributed by atoms with Crippen LogP contribution in [0.25, 0.3) is 0 Å². The molecular weight excluding hydrogens is 822 g/mol. The molecule has 0 bridgehead atoms. The van der Waals surface area contributed by atoms with Gasteiger partial charge in [-0.25, -0.2) is 4.57 Å². The van der Waals surface area contributed by atoms with Crippen molar-refractivity contribution in [3.05, 3.63) is 24.3 Å². The Morgan fingerprint density at radius 2 is 0.844 bits per heavy atom. The summed E-state index contributed by atoms with van der Waals surface area (Å²) in [7, 11) is 1.49. The predicted octanol–water partition coefficient (Wildman–Crippen LogP) is 16.3. The van der Waals surface area contributed by atoms with Crippen LogP contribution in [-0.2, 0) is 32.7 Å². The van der Waals surface area contributed by atoms with E-state index in [9.17, 15) is 19.0 Å². The Kier molecular flexibility index (Phi) is 45.5. The summed E-state index contributed by atoms with van der Waals surface area (Å²) in [5.74, 6) is -0.786. The highest BCUT2D eigenvalue weighted by molar-refractivity contribution is 7.47. The number of hydrogen-bond donors (Lipinski definition) is 1. The quantitative estimate of drug-likeness (QED) is 0.0211. The number of carbonyl (C=O) groups is 2. The van der Waals surface area contributed by atoms with Gasteiger partial charge in [-0.1, -0.05) is 224 Å². The zero-order chi connectivity index (χ0) is 47.1. The zero-order valence-electron chi connectivity index (χ0n) is 42.8. The maximum atomic E-state index is 12.8. The molecule has 0 aliphatic carbocycles. The van der Waals surface area contributed by atoms with Crippen LogP contribution in [0.3, 0.4) is 0 Å². The number of carbonyl (C=O) groups excluding carboxylic acids is 2. The van der Waals surface area contributed by atoms with Crippen LogP contribution < -0.4 is 0 Å². The second-order valence-corrected chi connectivity index (χ2v) is 21.1. The molecular formula is C54H105NO8P+. The molecule has 0 saturated carbocycles. The largest absolute Gasteiger partial charge is 0.472 e. The fourth-order valence-electron chi connectivity index (χ4n) is 7.75. The molecule has 2 atom stereocenters. The molecule has 0 aliphatic heterocycles. The number of hydrogen-bond acceptors (Lipinski definition) is 7. The molecule has 64 heavy (non-hydrogen) atoms. The minimum absolute atomic E-state index is 0.0348. The number of quaternary nitrogens is 1. The molecule has 9 nitrogen and oxygen atoms in total. The number of phosphoric acid groups is 1. The molecule has 0 rings (SSSR count). The van der Waals surface area contributed by atoms with Crippen LogP contribution in [0.5, 0.6) is 0 Å². The number of ether oxygens (including phenoxy) is 2. The van der Waals surface area contributed by atoms with Crippen molar-refractivity contribution in [2.75, 3.05) is 47.5 Å². The summed E-state index contributed by atoms with van der Waals surface area (Å²) in [4.78, 5) is 35.5. The normalized spacial score (nSPS) is 13.5. The van der Waals surface area contributed by atoms with Crippen molar-refractivity contribution < 1.29 is 42.1 Å². The Morgan fingerprint density at radius 3 is 1.23 bits per heavy atom. The highest BCUT2D eigenvalue weighted by Gasteiger charge is 2.27. The van der Waals surface area contributed by atoms with E-state index in [2.05, 4.69) is 38.2 Å². The van der Waals surface area contributed by atoms with Crippen LogP contribution in [0.1, 0.15) is 258 Å². The van der Waals surface area contributed by atoms with Crippen molar-refractivity contribution in [1.82, 2.24) is 0 Å². The van der Waals surface area contributed by atoms with Crippen LogP contribution in [0.2, 0.25) is 0 Å². The summed E-state index contributed by atoms with van der Waals surface area (Å²) in [6, 6.07) is 0. The Hall–Kier alpha value is -1.51. The first-order valence-electron chi connectivity index (χ1n) is 27.1. The molecule has 0 aromatic heterocycles. The molecule has 0 spiro atoms. The van der Waals surface area contributed by atoms with Gasteiger partial charge in [-0.2, -0.15) is 0 Å². The average Bonchev–Trinajstić information content (AvgIpc) is 3.25. The summed E-state index contributed by atoms with van der Waals surface area (Å²) < 4.78 is 34.4. The second-order valence-electron chi connectivity index (χ2n) is 19.6. The van der Waals surface area contributed by atoms with Gasteiger partial charge in [0.2, 0.25) is 0 Å². The third-order valence-electron chi connectivity index (χ3n) is 12.0. The van der Waals surface area contributed by atoms with Crippen LogP contribution >= 0.6 is 7.82 Å². The summed E-state index contributed by atoms with van der Waals surface area (Å²) in [6.07, 6.45) is 53.9. The van der Waals surface area contributed by atoms with Crippen molar-refractivity contribution in [3.8, 4) is 0 Å². The molecule has 0 heterocycles. The van der Waals surface area contributed by atoms with E-state index in [1.54, 1.807) is 0 Å². The lowest BCUT2D eigenvalue weighted by Crippen LogP contribution is -2.37. The Labute approximate surface area is 396 Å². The van der Waals surface area contributed by atoms with E-state index < -0.39 is 26.5 Å². The van der Waals surface area contributed by atoms with E-state index >= 15 is 0 Å². The topological polar surface area (TPSA) is 108 Å². The molecule has 2 unspecified atom stereocenters. The molecule has 1 N–H and O–H groups in total. The lowest BCUT2D eigenvalue weighted by Gasteiger charge is -2.24. The molecule has 0 saturated heterocycles. The minimum atomic E-state index is -4.37. The summed E-state index contributed by atoms with van der Waals surface area (Å²) in [5.41, 5.74) is 0. The zero-order valence-corrected chi connectivity index (χ0v) is 43.7. The van der Waals surface area contributed by atoms with Gasteiger partial charge in [0.05, 0.1) is 27.7 Å². The monoisotopic (exact) mass is 927 g/mol. The average molecular weight is 927 g/mol. The summed E-state index contributed by atoms with van der Waals surface area (Å²) in [5, 5.41) is 0. The van der Waals surface area contributed by atoms with Crippen LogP contribution in [0.4, 0.5) is 0 Å². The van der Waals surface area contributed by atoms with Crippen LogP contribution in [0.15, 0.2) is 24.3 Å². The van der Waals surface area contributed by atoms with Gasteiger partial charge >= 0.3 is 19.8 Å². The smallest absolute Gasteiger partial charge is 0.462 e. The molecule has 0 aromatic rings. The van der Waals surface area contributed by atoms with Gasteiger partial charge in [0.15, 0.2) is 6.10 Å². The molecule has 10 heteroatoms. The molecule has 0 amide bonds. The predicted molar refractivity (Wildman–Crippen MR) is 271 cm³/mol. The van der Waals surface area contributed by atoms with E-state index in [0.717, 1.165) is 38.5 Å². The second kappa shape index (κ2) is 46.6. The van der Waals surface area contributed by atoms with Crippen LogP contribution in [0, 0.1) is 0 Å². The van der Waals surface area contributed by atoms with Gasteiger partial charge in [-0.3, -0.25) is 18.6 Å². The maximum Gasteiger partial charge on any atom is 0.472 e. The van der Waals surface area contributed by atoms with Gasteiger partial charge in [0.1, 0.15) is 19.8 Å². The highest BCUT2D eigenvalue weighted by atomic mass is 31.2. The number of nitrogens with zero attached hydrogens (tertiary/aromatic N) is 1. The minimum Gasteiger partial charge on any atom is -0.462 e. The van der Waals surface area contributed by atoms with Crippen molar-refractivity contribution in [1.29, 1.82) is 0 Å². The first-order valence-corrected chi connectivity index (χ1v) is 28.6. The Bertz CT molecular complexity index is 1140. The number of allylic oxidation sites excluding steroid dienone is 4. The number of unbranched alkanes of at least 4 members (excludes halogenated alkanes) is 32. The molecule has 378 valence electrons. The lowest BCUT2D eigenvalue weighted by molar-refractivity contribution is -0.870. The SMILES string of the molecule is CCCCCCC/C=C\C/C=C\CCCCCCCCCCCCCCCCCCCC(=O)OC(COC(=O)CCCCCCCCCCCCC)COP(=O)(O)OCC[N+](C)(C)C. The van der Waals surface area contributed by atoms with E-state index in [1.165, 1.54) is 186 Å². The number of esters is 2. The molecule has 0 aromatic carbocycles. The van der Waals surface area contributed by atoms with E-state index in [-0.39, 0.29) is 25.6 Å². The van der Waals surface area contributed by atoms with Gasteiger partial charge in [0.25, 0.3) is 0 Å². The Balaban J connectivity index is 4.04. The summed E-state index contributed by atoms with van der Waals surface area (Å²) in [6.45, 7) is 4.44. The van der Waals surface area contributed by atoms with Crippen LogP contribution in [-0.4, -0.2) is 74.9 Å². The lowest BCUT2D eigenvalue weighted by atomic mass is 10.0. The van der Waals surface area contributed by atoms with Gasteiger partial charge < -0.3 is 18.9 Å². The standard InChI is InChI=1S/C54H104NO8P/c1-6-8-10-12-14-16-18-19-20-21-22-23-24-25-26-27-28-29-30-31-32-33-34-35-37-39-41-43-45-47-54(57)63-52(51-62-64(58,59)61-49-48-55(3,4)5)50-60-53(56)46-44-42-40-38-36-17-15-13-11-9-7-2/h18-19,21-22,52H,6-17,20,23-51H2,1-5H3/p+1/b19-18-,22-21-. The number of phosphoric ester groups is 1. The highest BCUT2D eigenvalue weighted by Crippen LogP contribution is 2.43. The number of likely N-dealkylation sites (N-methyl/N-ethyl adjacent to an activating group) is 1. The number of rotatable bonds is 50. The van der Waals surface area contributed by atoms with E-state index in [0.29, 0.717) is 23.9 Å². The van der Waals surface area contributed by atoms with Gasteiger partial charge in [-0.15, -0.1) is 0 Å². The first kappa shape index (κ1) is 62.5. The fraction of sp³-hybridized carbons (Fsp3) is 0.889.